The van der Waals surface area contributed by atoms with Crippen molar-refractivity contribution in [3.8, 4) is 6.07 Å². The van der Waals surface area contributed by atoms with Crippen molar-refractivity contribution in [2.75, 3.05) is 37.8 Å². The van der Waals surface area contributed by atoms with E-state index in [2.05, 4.69) is 10.6 Å². The number of nitriles is 1. The van der Waals surface area contributed by atoms with Crippen molar-refractivity contribution in [1.29, 1.82) is 5.26 Å². The maximum atomic E-state index is 14.2. The van der Waals surface area contributed by atoms with Gasteiger partial charge in [-0.25, -0.2) is 25.9 Å². The molecule has 0 bridgehead atoms. The maximum Gasteiger partial charge on any atom is 0.293 e. The van der Waals surface area contributed by atoms with Crippen molar-refractivity contribution in [3.63, 3.8) is 0 Å². The number of fused-ring (bicyclic) bond motifs is 1. The Morgan fingerprint density at radius 1 is 1.07 bits per heavy atom. The topological polar surface area (TPSA) is 162 Å². The summed E-state index contributed by atoms with van der Waals surface area (Å²) in [6, 6.07) is 5.15. The number of alkyl halides is 2. The summed E-state index contributed by atoms with van der Waals surface area (Å²) in [5.41, 5.74) is -1.99. The number of hydrogen-bond acceptors (Lipinski definition) is 7. The molecular formula is C29H29F3N6O6S. The van der Waals surface area contributed by atoms with Gasteiger partial charge in [0.05, 0.1) is 17.4 Å². The van der Waals surface area contributed by atoms with Gasteiger partial charge in [-0.15, -0.1) is 0 Å². The molecular weight excluding hydrogens is 617 g/mol. The van der Waals surface area contributed by atoms with E-state index in [4.69, 9.17) is 5.26 Å². The normalized spacial score (nSPS) is 20.7. The summed E-state index contributed by atoms with van der Waals surface area (Å²) in [6.45, 7) is 2.54. The summed E-state index contributed by atoms with van der Waals surface area (Å²) in [5, 5.41) is 14.0. The van der Waals surface area contributed by atoms with Crippen LogP contribution in [0.3, 0.4) is 0 Å². The number of amides is 3. The minimum Gasteiger partial charge on any atom is -0.340 e. The predicted octanol–water partition coefficient (Wildman–Crippen LogP) is 1.58. The van der Waals surface area contributed by atoms with Gasteiger partial charge in [0.25, 0.3) is 23.5 Å². The smallest absolute Gasteiger partial charge is 0.293 e. The number of halogens is 3. The predicted molar refractivity (Wildman–Crippen MR) is 151 cm³/mol. The van der Waals surface area contributed by atoms with Crippen LogP contribution in [-0.2, 0) is 32.6 Å². The molecule has 0 atom stereocenters. The van der Waals surface area contributed by atoms with E-state index in [1.807, 2.05) is 0 Å². The van der Waals surface area contributed by atoms with E-state index in [1.165, 1.54) is 22.2 Å². The van der Waals surface area contributed by atoms with E-state index in [0.29, 0.717) is 25.1 Å². The van der Waals surface area contributed by atoms with Crippen LogP contribution in [0.5, 0.6) is 0 Å². The van der Waals surface area contributed by atoms with E-state index in [9.17, 15) is 40.8 Å². The molecule has 1 aliphatic carbocycles. The van der Waals surface area contributed by atoms with Crippen LogP contribution in [0.2, 0.25) is 0 Å². The molecule has 12 nitrogen and oxygen atoms in total. The monoisotopic (exact) mass is 646 g/mol. The Hall–Kier alpha value is -4.23. The Balaban J connectivity index is 1.20. The maximum absolute atomic E-state index is 14.2. The first-order chi connectivity index (χ1) is 21.0. The molecule has 238 valence electrons. The first-order valence-corrected chi connectivity index (χ1v) is 16.1. The van der Waals surface area contributed by atoms with E-state index in [-0.39, 0.29) is 54.3 Å². The Morgan fingerprint density at radius 3 is 2.33 bits per heavy atom. The lowest BCUT2D eigenvalue weighted by molar-refractivity contribution is -0.187. The number of rotatable bonds is 7. The Bertz CT molecular complexity index is 1830. The van der Waals surface area contributed by atoms with Crippen molar-refractivity contribution in [2.24, 2.45) is 5.41 Å². The molecule has 6 rings (SSSR count). The molecule has 2 saturated heterocycles. The number of nitrogens with one attached hydrogen (secondary N) is 2. The second-order valence-electron chi connectivity index (χ2n) is 12.6. The number of Topliss-reactive ketones (excluding diaryl/α,β-unsaturated/α-hetero) is 1. The van der Waals surface area contributed by atoms with Gasteiger partial charge in [0.1, 0.15) is 23.1 Å². The summed E-state index contributed by atoms with van der Waals surface area (Å²) in [4.78, 5) is 55.0. The van der Waals surface area contributed by atoms with Crippen LogP contribution >= 0.6 is 0 Å². The minimum atomic E-state index is -3.39. The Labute approximate surface area is 256 Å². The fraction of sp³-hybridized carbons (Fsp3) is 0.483. The molecule has 3 fully saturated rings. The number of hydrogen-bond donors (Lipinski definition) is 2. The first kappa shape index (κ1) is 30.8. The van der Waals surface area contributed by atoms with Gasteiger partial charge in [-0.3, -0.25) is 19.2 Å². The minimum absolute atomic E-state index is 0.0566. The lowest BCUT2D eigenvalue weighted by Crippen LogP contribution is -2.78. The highest BCUT2D eigenvalue weighted by Crippen LogP contribution is 2.49. The number of ketones is 1. The molecule has 0 radical (unpaired) electrons. The third-order valence-electron chi connectivity index (χ3n) is 9.12. The lowest BCUT2D eigenvalue weighted by Gasteiger charge is -2.61. The third-order valence-corrected chi connectivity index (χ3v) is 10.3. The van der Waals surface area contributed by atoms with Gasteiger partial charge < -0.3 is 20.1 Å². The van der Waals surface area contributed by atoms with Crippen LogP contribution in [0.25, 0.3) is 0 Å². The largest absolute Gasteiger partial charge is 0.340 e. The molecule has 3 amide bonds. The number of carbonyl (C=O) groups is 4. The second kappa shape index (κ2) is 10.1. The average molecular weight is 647 g/mol. The van der Waals surface area contributed by atoms with Gasteiger partial charge in [-0.1, -0.05) is 0 Å². The molecule has 1 aromatic carbocycles. The van der Waals surface area contributed by atoms with Crippen molar-refractivity contribution in [3.05, 3.63) is 52.1 Å². The van der Waals surface area contributed by atoms with E-state index < -0.39 is 69.1 Å². The van der Waals surface area contributed by atoms with Crippen LogP contribution in [0.4, 0.5) is 18.9 Å². The molecule has 1 aromatic heterocycles. The number of benzene rings is 1. The van der Waals surface area contributed by atoms with Crippen LogP contribution < -0.4 is 10.6 Å². The van der Waals surface area contributed by atoms with Crippen LogP contribution in [0.1, 0.15) is 56.9 Å². The van der Waals surface area contributed by atoms with E-state index in [1.54, 1.807) is 10.6 Å². The molecule has 4 aliphatic rings. The molecule has 45 heavy (non-hydrogen) atoms. The summed E-state index contributed by atoms with van der Waals surface area (Å²) < 4.78 is 68.4. The molecule has 0 unspecified atom stereocenters. The van der Waals surface area contributed by atoms with Crippen LogP contribution in [0.15, 0.2) is 18.2 Å². The van der Waals surface area contributed by atoms with Crippen molar-refractivity contribution in [2.45, 2.75) is 50.6 Å². The van der Waals surface area contributed by atoms with Crippen molar-refractivity contribution in [1.82, 2.24) is 19.1 Å². The van der Waals surface area contributed by atoms with Crippen molar-refractivity contribution >= 4 is 39.2 Å². The summed E-state index contributed by atoms with van der Waals surface area (Å²) >= 11 is 0. The Morgan fingerprint density at radius 2 is 1.73 bits per heavy atom. The first-order valence-electron chi connectivity index (χ1n) is 14.2. The number of likely N-dealkylation sites (tertiary alicyclic amines) is 1. The second-order valence-corrected chi connectivity index (χ2v) is 14.6. The summed E-state index contributed by atoms with van der Waals surface area (Å²) in [6.07, 6.45) is 0.0303. The van der Waals surface area contributed by atoms with Gasteiger partial charge in [-0.05, 0) is 43.5 Å². The zero-order chi connectivity index (χ0) is 32.7. The number of carbonyl (C=O) groups excluding carboxylic acids is 4. The van der Waals surface area contributed by atoms with Gasteiger partial charge in [0.2, 0.25) is 15.9 Å². The van der Waals surface area contributed by atoms with E-state index in [0.717, 1.165) is 18.4 Å². The van der Waals surface area contributed by atoms with Crippen LogP contribution in [0, 0.1) is 29.5 Å². The quantitative estimate of drug-likeness (QED) is 0.341. The summed E-state index contributed by atoms with van der Waals surface area (Å²) in [7, 11) is -3.39. The average Bonchev–Trinajstić information content (AvgIpc) is 3.44. The Kier molecular flexibility index (Phi) is 6.94. The summed E-state index contributed by atoms with van der Waals surface area (Å²) in [5.74, 6) is -7.74. The number of nitrogens with zero attached hydrogens (tertiary/aromatic N) is 4. The van der Waals surface area contributed by atoms with Crippen molar-refractivity contribution < 1.29 is 40.8 Å². The van der Waals surface area contributed by atoms with Gasteiger partial charge in [0.15, 0.2) is 0 Å². The van der Waals surface area contributed by atoms with Gasteiger partial charge in [-0.2, -0.15) is 5.26 Å². The number of aromatic nitrogens is 1. The van der Waals surface area contributed by atoms with Gasteiger partial charge >= 0.3 is 0 Å². The fourth-order valence-corrected chi connectivity index (χ4v) is 8.07. The SMILES string of the molecule is Cc1c(C(=O)C(=O)NC2(C(=O)N3CC4(C3)CN(S(C)(=O)=O)C4)CC(F)(F)C2)c2n(c1C(=O)Nc1ccc(F)c(C#N)c1)CCC2. The molecule has 2 N–H and O–H groups in total. The molecule has 1 saturated carbocycles. The molecule has 1 spiro atoms. The van der Waals surface area contributed by atoms with E-state index >= 15 is 0 Å². The highest BCUT2D eigenvalue weighted by Gasteiger charge is 2.66. The highest BCUT2D eigenvalue weighted by atomic mass is 32.2. The van der Waals surface area contributed by atoms with Crippen LogP contribution in [-0.4, -0.2) is 89.6 Å². The third kappa shape index (κ3) is 5.07. The van der Waals surface area contributed by atoms with Gasteiger partial charge in [0, 0.05) is 62.4 Å². The zero-order valence-corrected chi connectivity index (χ0v) is 25.2. The standard InChI is InChI=1S/C29H29F3N6O6S/c1-16-21(20-4-3-7-38(20)22(16)24(40)34-18-5-6-19(30)17(8-18)9-33)23(39)25(41)35-28(10-29(31,32)11-28)26(42)36-12-27(13-36)14-37(15-27)45(2,43)44/h5-6,8H,3-4,7,10-15H2,1-2H3,(H,34,40)(H,35,41). The molecule has 16 heteroatoms. The number of sulfonamides is 1. The molecule has 3 aliphatic heterocycles. The molecule has 4 heterocycles. The fourth-order valence-electron chi connectivity index (χ4n) is 7.05. The lowest BCUT2D eigenvalue weighted by atomic mass is 9.68. The zero-order valence-electron chi connectivity index (χ0n) is 24.4. The molecule has 2 aromatic rings. The number of anilines is 1. The highest BCUT2D eigenvalue weighted by molar-refractivity contribution is 7.88.